The molecule has 0 spiro atoms. The molecule has 2 aromatic carbocycles. The lowest BCUT2D eigenvalue weighted by Crippen LogP contribution is -2.32. The van der Waals surface area contributed by atoms with Crippen molar-refractivity contribution in [2.45, 2.75) is 0 Å². The van der Waals surface area contributed by atoms with Gasteiger partial charge in [0.2, 0.25) is 0 Å². The van der Waals surface area contributed by atoms with Gasteiger partial charge in [0.15, 0.2) is 5.76 Å². The zero-order valence-corrected chi connectivity index (χ0v) is 14.2. The van der Waals surface area contributed by atoms with Crippen molar-refractivity contribution >= 4 is 29.4 Å². The van der Waals surface area contributed by atoms with Gasteiger partial charge in [-0.1, -0.05) is 23.3 Å². The summed E-state index contributed by atoms with van der Waals surface area (Å²) < 4.78 is 5.00. The predicted octanol–water partition coefficient (Wildman–Crippen LogP) is 2.90. The van der Waals surface area contributed by atoms with Crippen LogP contribution in [0.4, 0.5) is 5.69 Å². The van der Waals surface area contributed by atoms with Crippen LogP contribution in [0.2, 0.25) is 0 Å². The molecule has 0 radical (unpaired) electrons. The Labute approximate surface area is 158 Å². The normalized spacial score (nSPS) is 12.6. The molecule has 1 aliphatic heterocycles. The number of amides is 3. The summed E-state index contributed by atoms with van der Waals surface area (Å²) in [5, 5.41) is 3.01. The van der Waals surface area contributed by atoms with Crippen LogP contribution in [0.1, 0.15) is 41.6 Å². The molecule has 1 aromatic heterocycles. The number of hydrogen-bond donors (Lipinski definition) is 1. The lowest BCUT2D eigenvalue weighted by molar-refractivity contribution is -0.0584. The van der Waals surface area contributed by atoms with E-state index >= 15 is 0 Å². The largest absolute Gasteiger partial charge is 0.459 e. The lowest BCUT2D eigenvalue weighted by Gasteiger charge is -2.13. The number of carbonyl (C=O) groups excluding carboxylic acids is 4. The first-order chi connectivity index (χ1) is 13.5. The molecule has 1 aliphatic rings. The van der Waals surface area contributed by atoms with E-state index in [0.29, 0.717) is 10.8 Å². The summed E-state index contributed by atoms with van der Waals surface area (Å²) in [6.07, 6.45) is 1.37. The van der Waals surface area contributed by atoms with Crippen molar-refractivity contribution in [1.29, 1.82) is 0 Å². The van der Waals surface area contributed by atoms with Crippen LogP contribution in [-0.2, 0) is 4.84 Å². The molecule has 1 N–H and O–H groups in total. The van der Waals surface area contributed by atoms with Crippen molar-refractivity contribution in [2.75, 3.05) is 5.32 Å². The van der Waals surface area contributed by atoms with Gasteiger partial charge in [0.25, 0.3) is 17.7 Å². The van der Waals surface area contributed by atoms with Gasteiger partial charge in [-0.15, -0.1) is 0 Å². The molecule has 4 rings (SSSR count). The molecular weight excluding hydrogens is 364 g/mol. The van der Waals surface area contributed by atoms with Crippen molar-refractivity contribution in [3.8, 4) is 0 Å². The third-order valence-corrected chi connectivity index (χ3v) is 4.03. The second kappa shape index (κ2) is 6.84. The fourth-order valence-electron chi connectivity index (χ4n) is 2.71. The number of rotatable bonds is 4. The highest BCUT2D eigenvalue weighted by Gasteiger charge is 2.38. The standard InChI is InChI=1S/C20H12N2O6/c23-17(16-9-4-10-27-16)21-13-6-3-5-12(11-13)20(26)28-22-18(24)14-7-1-2-8-15(14)19(22)25/h1-11H,(H,21,23). The summed E-state index contributed by atoms with van der Waals surface area (Å²) >= 11 is 0. The molecule has 3 amide bonds. The Bertz CT molecular complexity index is 1070. The van der Waals surface area contributed by atoms with Gasteiger partial charge in [0.1, 0.15) is 0 Å². The second-order valence-corrected chi connectivity index (χ2v) is 5.84. The number of carbonyl (C=O) groups is 4. The van der Waals surface area contributed by atoms with Crippen molar-refractivity contribution in [3.63, 3.8) is 0 Å². The molecule has 0 fully saturated rings. The summed E-state index contributed by atoms with van der Waals surface area (Å²) in [6, 6.07) is 15.1. The van der Waals surface area contributed by atoms with Crippen LogP contribution < -0.4 is 5.32 Å². The number of hydroxylamine groups is 2. The fourth-order valence-corrected chi connectivity index (χ4v) is 2.71. The smallest absolute Gasteiger partial charge is 0.364 e. The van der Waals surface area contributed by atoms with Gasteiger partial charge >= 0.3 is 5.97 Å². The van der Waals surface area contributed by atoms with Gasteiger partial charge < -0.3 is 14.6 Å². The summed E-state index contributed by atoms with van der Waals surface area (Å²) in [7, 11) is 0. The number of benzene rings is 2. The topological polar surface area (TPSA) is 106 Å². The van der Waals surface area contributed by atoms with Gasteiger partial charge in [-0.3, -0.25) is 14.4 Å². The highest BCUT2D eigenvalue weighted by molar-refractivity contribution is 6.21. The Hall–Kier alpha value is -4.20. The molecule has 138 valence electrons. The highest BCUT2D eigenvalue weighted by Crippen LogP contribution is 2.23. The van der Waals surface area contributed by atoms with Gasteiger partial charge in [0.05, 0.1) is 23.0 Å². The van der Waals surface area contributed by atoms with Crippen LogP contribution in [0.5, 0.6) is 0 Å². The average molecular weight is 376 g/mol. The number of nitrogens with zero attached hydrogens (tertiary/aromatic N) is 1. The molecular formula is C20H12N2O6. The number of imide groups is 1. The SMILES string of the molecule is O=C(ON1C(=O)c2ccccc2C1=O)c1cccc(NC(=O)c2ccco2)c1. The van der Waals surface area contributed by atoms with E-state index in [0.717, 1.165) is 0 Å². The van der Waals surface area contributed by atoms with Crippen molar-refractivity contribution < 1.29 is 28.4 Å². The van der Waals surface area contributed by atoms with Gasteiger partial charge in [-0.2, -0.15) is 0 Å². The maximum absolute atomic E-state index is 12.4. The number of furan rings is 1. The molecule has 0 unspecified atom stereocenters. The Balaban J connectivity index is 1.49. The Morgan fingerprint density at radius 2 is 1.61 bits per heavy atom. The third kappa shape index (κ3) is 3.03. The lowest BCUT2D eigenvalue weighted by atomic mass is 10.1. The maximum atomic E-state index is 12.4. The number of fused-ring (bicyclic) bond motifs is 1. The first-order valence-electron chi connectivity index (χ1n) is 8.19. The molecule has 0 saturated carbocycles. The van der Waals surface area contributed by atoms with Crippen LogP contribution in [0.15, 0.2) is 71.3 Å². The molecule has 3 aromatic rings. The highest BCUT2D eigenvalue weighted by atomic mass is 16.7. The minimum absolute atomic E-state index is 0.0498. The average Bonchev–Trinajstić information content (AvgIpc) is 3.33. The number of nitrogens with one attached hydrogen (secondary N) is 1. The number of hydrogen-bond acceptors (Lipinski definition) is 6. The van der Waals surface area contributed by atoms with E-state index < -0.39 is 23.7 Å². The van der Waals surface area contributed by atoms with Crippen molar-refractivity contribution in [3.05, 3.63) is 89.4 Å². The van der Waals surface area contributed by atoms with E-state index in [-0.39, 0.29) is 22.5 Å². The molecule has 8 nitrogen and oxygen atoms in total. The van der Waals surface area contributed by atoms with Gasteiger partial charge in [-0.25, -0.2) is 4.79 Å². The molecule has 2 heterocycles. The maximum Gasteiger partial charge on any atom is 0.364 e. The fraction of sp³-hybridized carbons (Fsp3) is 0. The molecule has 0 bridgehead atoms. The minimum atomic E-state index is -0.913. The van der Waals surface area contributed by atoms with Crippen LogP contribution >= 0.6 is 0 Å². The molecule has 8 heteroatoms. The zero-order valence-electron chi connectivity index (χ0n) is 14.2. The van der Waals surface area contributed by atoms with Gasteiger partial charge in [-0.05, 0) is 42.5 Å². The van der Waals surface area contributed by atoms with Crippen LogP contribution in [0.3, 0.4) is 0 Å². The van der Waals surface area contributed by atoms with Crippen molar-refractivity contribution in [2.24, 2.45) is 0 Å². The van der Waals surface area contributed by atoms with E-state index in [4.69, 9.17) is 9.25 Å². The van der Waals surface area contributed by atoms with Crippen LogP contribution in [-0.4, -0.2) is 28.8 Å². The summed E-state index contributed by atoms with van der Waals surface area (Å²) in [5.74, 6) is -2.72. The second-order valence-electron chi connectivity index (χ2n) is 5.84. The van der Waals surface area contributed by atoms with E-state index in [1.807, 2.05) is 0 Å². The minimum Gasteiger partial charge on any atom is -0.459 e. The van der Waals surface area contributed by atoms with E-state index in [1.165, 1.54) is 42.7 Å². The Morgan fingerprint density at radius 3 is 2.25 bits per heavy atom. The quantitative estimate of drug-likeness (QED) is 0.702. The zero-order chi connectivity index (χ0) is 19.7. The number of anilines is 1. The van der Waals surface area contributed by atoms with E-state index in [2.05, 4.69) is 5.32 Å². The third-order valence-electron chi connectivity index (χ3n) is 4.03. The first-order valence-corrected chi connectivity index (χ1v) is 8.19. The summed E-state index contributed by atoms with van der Waals surface area (Å²) in [5.41, 5.74) is 0.700. The van der Waals surface area contributed by atoms with Gasteiger partial charge in [0, 0.05) is 5.69 Å². The summed E-state index contributed by atoms with van der Waals surface area (Å²) in [4.78, 5) is 54.0. The Kier molecular flexibility index (Phi) is 4.21. The molecule has 0 saturated heterocycles. The van der Waals surface area contributed by atoms with Crippen LogP contribution in [0, 0.1) is 0 Å². The predicted molar refractivity (Wildman–Crippen MR) is 95.5 cm³/mol. The Morgan fingerprint density at radius 1 is 0.893 bits per heavy atom. The monoisotopic (exact) mass is 376 g/mol. The van der Waals surface area contributed by atoms with E-state index in [1.54, 1.807) is 24.3 Å². The molecule has 28 heavy (non-hydrogen) atoms. The van der Waals surface area contributed by atoms with E-state index in [9.17, 15) is 19.2 Å². The summed E-state index contributed by atoms with van der Waals surface area (Å²) in [6.45, 7) is 0. The van der Waals surface area contributed by atoms with Crippen LogP contribution in [0.25, 0.3) is 0 Å². The molecule has 0 atom stereocenters. The first kappa shape index (κ1) is 17.2. The molecule has 0 aliphatic carbocycles. The van der Waals surface area contributed by atoms with Crippen molar-refractivity contribution in [1.82, 2.24) is 5.06 Å².